The molecule has 94 valence electrons. The molecule has 0 unspecified atom stereocenters. The highest BCUT2D eigenvalue weighted by molar-refractivity contribution is 6.09. The van der Waals surface area contributed by atoms with Crippen molar-refractivity contribution in [1.82, 2.24) is 9.78 Å². The Hall–Kier alpha value is -1.97. The predicted molar refractivity (Wildman–Crippen MR) is 67.2 cm³/mol. The number of hydrogen-bond donors (Lipinski definition) is 0. The molecule has 0 spiro atoms. The Bertz CT molecular complexity index is 582. The van der Waals surface area contributed by atoms with E-state index in [0.717, 1.165) is 11.3 Å². The zero-order valence-electron chi connectivity index (χ0n) is 10.7. The van der Waals surface area contributed by atoms with Crippen LogP contribution < -0.4 is 0 Å². The van der Waals surface area contributed by atoms with E-state index in [9.17, 15) is 9.18 Å². The van der Waals surface area contributed by atoms with E-state index < -0.39 is 0 Å². The van der Waals surface area contributed by atoms with E-state index >= 15 is 0 Å². The summed E-state index contributed by atoms with van der Waals surface area (Å²) in [6, 6.07) is 4.36. The van der Waals surface area contributed by atoms with E-state index in [2.05, 4.69) is 5.10 Å². The number of carbonyl (C=O) groups excluding carboxylic acids is 1. The van der Waals surface area contributed by atoms with Crippen molar-refractivity contribution < 1.29 is 9.18 Å². The fourth-order valence-electron chi connectivity index (χ4n) is 2.01. The van der Waals surface area contributed by atoms with E-state index in [1.807, 2.05) is 6.92 Å². The smallest absolute Gasteiger partial charge is 0.196 e. The molecular formula is C14H15FN2O. The molecule has 0 aliphatic rings. The standard InChI is InChI=1S/C14H15FN2O/c1-4-13-12(8-17(3)16-13)14(18)10-5-9(2)6-11(15)7-10/h5-8H,4H2,1-3H3. The number of halogens is 1. The Kier molecular flexibility index (Phi) is 3.28. The van der Waals surface area contributed by atoms with Gasteiger partial charge in [-0.3, -0.25) is 9.48 Å². The number of aromatic nitrogens is 2. The fourth-order valence-corrected chi connectivity index (χ4v) is 2.01. The van der Waals surface area contributed by atoms with Crippen LogP contribution in [-0.2, 0) is 13.5 Å². The lowest BCUT2D eigenvalue weighted by Gasteiger charge is -2.02. The number of nitrogens with zero attached hydrogens (tertiary/aromatic N) is 2. The van der Waals surface area contributed by atoms with Crippen LogP contribution in [0.4, 0.5) is 4.39 Å². The average molecular weight is 246 g/mol. The Morgan fingerprint density at radius 3 is 2.72 bits per heavy atom. The third-order valence-electron chi connectivity index (χ3n) is 2.79. The largest absolute Gasteiger partial charge is 0.288 e. The van der Waals surface area contributed by atoms with Crippen molar-refractivity contribution in [1.29, 1.82) is 0 Å². The summed E-state index contributed by atoms with van der Waals surface area (Å²) in [6.07, 6.45) is 2.36. The lowest BCUT2D eigenvalue weighted by Crippen LogP contribution is -2.04. The Labute approximate surface area is 105 Å². The third kappa shape index (κ3) is 2.32. The van der Waals surface area contributed by atoms with Crippen molar-refractivity contribution in [3.05, 3.63) is 52.6 Å². The van der Waals surface area contributed by atoms with Gasteiger partial charge in [0, 0.05) is 18.8 Å². The summed E-state index contributed by atoms with van der Waals surface area (Å²) in [6.45, 7) is 3.71. The summed E-state index contributed by atoms with van der Waals surface area (Å²) >= 11 is 0. The molecule has 2 rings (SSSR count). The van der Waals surface area contributed by atoms with Gasteiger partial charge in [-0.15, -0.1) is 0 Å². The van der Waals surface area contributed by atoms with Crippen LogP contribution in [0.25, 0.3) is 0 Å². The maximum absolute atomic E-state index is 13.3. The summed E-state index contributed by atoms with van der Waals surface area (Å²) in [5.41, 5.74) is 2.39. The molecule has 1 heterocycles. The molecule has 18 heavy (non-hydrogen) atoms. The number of aryl methyl sites for hydroxylation is 3. The zero-order valence-corrected chi connectivity index (χ0v) is 10.7. The minimum absolute atomic E-state index is 0.178. The van der Waals surface area contributed by atoms with Gasteiger partial charge in [0.15, 0.2) is 5.78 Å². The Morgan fingerprint density at radius 1 is 1.39 bits per heavy atom. The van der Waals surface area contributed by atoms with Gasteiger partial charge in [0.2, 0.25) is 0 Å². The van der Waals surface area contributed by atoms with Crippen molar-refractivity contribution in [3.63, 3.8) is 0 Å². The van der Waals surface area contributed by atoms with Gasteiger partial charge in [-0.2, -0.15) is 5.10 Å². The maximum Gasteiger partial charge on any atom is 0.196 e. The van der Waals surface area contributed by atoms with Gasteiger partial charge in [0.05, 0.1) is 11.3 Å². The predicted octanol–water partition coefficient (Wildman–Crippen LogP) is 2.66. The molecule has 1 aromatic heterocycles. The van der Waals surface area contributed by atoms with Crippen LogP contribution in [0.1, 0.15) is 34.1 Å². The first-order chi connectivity index (χ1) is 8.51. The van der Waals surface area contributed by atoms with Crippen LogP contribution in [0, 0.1) is 12.7 Å². The zero-order chi connectivity index (χ0) is 13.3. The second-order valence-corrected chi connectivity index (χ2v) is 4.36. The molecule has 4 heteroatoms. The second-order valence-electron chi connectivity index (χ2n) is 4.36. The summed E-state index contributed by atoms with van der Waals surface area (Å²) in [5.74, 6) is -0.567. The van der Waals surface area contributed by atoms with Crippen molar-refractivity contribution in [2.75, 3.05) is 0 Å². The highest BCUT2D eigenvalue weighted by Gasteiger charge is 2.17. The van der Waals surface area contributed by atoms with Gasteiger partial charge < -0.3 is 0 Å². The first-order valence-electron chi connectivity index (χ1n) is 5.85. The lowest BCUT2D eigenvalue weighted by molar-refractivity contribution is 0.103. The van der Waals surface area contributed by atoms with Crippen LogP contribution in [0.15, 0.2) is 24.4 Å². The first kappa shape index (κ1) is 12.5. The molecule has 0 radical (unpaired) electrons. The third-order valence-corrected chi connectivity index (χ3v) is 2.79. The summed E-state index contributed by atoms with van der Waals surface area (Å²) < 4.78 is 14.9. The molecule has 0 fully saturated rings. The van der Waals surface area contributed by atoms with Crippen molar-refractivity contribution in [2.45, 2.75) is 20.3 Å². The Balaban J connectivity index is 2.47. The minimum Gasteiger partial charge on any atom is -0.288 e. The summed E-state index contributed by atoms with van der Waals surface area (Å²) in [7, 11) is 1.77. The van der Waals surface area contributed by atoms with E-state index in [1.165, 1.54) is 12.1 Å². The van der Waals surface area contributed by atoms with Crippen LogP contribution in [0.2, 0.25) is 0 Å². The molecule has 0 atom stereocenters. The molecule has 0 bridgehead atoms. The number of hydrogen-bond acceptors (Lipinski definition) is 2. The van der Waals surface area contributed by atoms with Crippen LogP contribution in [0.5, 0.6) is 0 Å². The molecule has 0 amide bonds. The van der Waals surface area contributed by atoms with Crippen LogP contribution >= 0.6 is 0 Å². The molecule has 0 N–H and O–H groups in total. The van der Waals surface area contributed by atoms with E-state index in [-0.39, 0.29) is 11.6 Å². The van der Waals surface area contributed by atoms with Crippen LogP contribution in [0.3, 0.4) is 0 Å². The molecule has 0 saturated carbocycles. The number of carbonyl (C=O) groups is 1. The van der Waals surface area contributed by atoms with Gasteiger partial charge >= 0.3 is 0 Å². The molecule has 2 aromatic rings. The molecule has 0 aliphatic heterocycles. The minimum atomic E-state index is -0.389. The highest BCUT2D eigenvalue weighted by atomic mass is 19.1. The van der Waals surface area contributed by atoms with E-state index in [4.69, 9.17) is 0 Å². The van der Waals surface area contributed by atoms with E-state index in [1.54, 1.807) is 30.9 Å². The summed E-state index contributed by atoms with van der Waals surface area (Å²) in [4.78, 5) is 12.3. The number of ketones is 1. The number of benzene rings is 1. The second kappa shape index (κ2) is 4.72. The van der Waals surface area contributed by atoms with Crippen LogP contribution in [-0.4, -0.2) is 15.6 Å². The van der Waals surface area contributed by atoms with Gasteiger partial charge in [-0.05, 0) is 37.1 Å². The van der Waals surface area contributed by atoms with Gasteiger partial charge in [0.25, 0.3) is 0 Å². The van der Waals surface area contributed by atoms with Gasteiger partial charge in [-0.1, -0.05) is 6.92 Å². The normalized spacial score (nSPS) is 10.7. The molecule has 3 nitrogen and oxygen atoms in total. The van der Waals surface area contributed by atoms with Crippen molar-refractivity contribution in [2.24, 2.45) is 7.05 Å². The molecule has 0 aliphatic carbocycles. The lowest BCUT2D eigenvalue weighted by atomic mass is 10.0. The van der Waals surface area contributed by atoms with Gasteiger partial charge in [-0.25, -0.2) is 4.39 Å². The highest BCUT2D eigenvalue weighted by Crippen LogP contribution is 2.16. The SMILES string of the molecule is CCc1nn(C)cc1C(=O)c1cc(C)cc(F)c1. The first-order valence-corrected chi connectivity index (χ1v) is 5.85. The maximum atomic E-state index is 13.3. The van der Waals surface area contributed by atoms with Crippen molar-refractivity contribution in [3.8, 4) is 0 Å². The topological polar surface area (TPSA) is 34.9 Å². The Morgan fingerprint density at radius 2 is 2.11 bits per heavy atom. The fraction of sp³-hybridized carbons (Fsp3) is 0.286. The van der Waals surface area contributed by atoms with E-state index in [0.29, 0.717) is 17.5 Å². The average Bonchev–Trinajstić information content (AvgIpc) is 2.68. The number of rotatable bonds is 3. The van der Waals surface area contributed by atoms with Crippen molar-refractivity contribution >= 4 is 5.78 Å². The van der Waals surface area contributed by atoms with Gasteiger partial charge in [0.1, 0.15) is 5.82 Å². The molecule has 0 saturated heterocycles. The molecular weight excluding hydrogens is 231 g/mol. The molecule has 1 aromatic carbocycles. The summed E-state index contributed by atoms with van der Waals surface area (Å²) in [5, 5.41) is 4.22. The quantitative estimate of drug-likeness (QED) is 0.780. The monoisotopic (exact) mass is 246 g/mol.